The normalized spacial score (nSPS) is 35.7. The van der Waals surface area contributed by atoms with Crippen molar-refractivity contribution < 1.29 is 0 Å². The Morgan fingerprint density at radius 3 is 2.55 bits per heavy atom. The summed E-state index contributed by atoms with van der Waals surface area (Å²) in [6.07, 6.45) is 7.68. The van der Waals surface area contributed by atoms with E-state index in [2.05, 4.69) is 70.3 Å². The van der Waals surface area contributed by atoms with Gasteiger partial charge in [0.15, 0.2) is 0 Å². The summed E-state index contributed by atoms with van der Waals surface area (Å²) in [5.74, 6) is 2.46. The maximum Gasteiger partial charge on any atom is 0.0615 e. The second-order valence-corrected chi connectivity index (χ2v) is 11.7. The van der Waals surface area contributed by atoms with Crippen LogP contribution in [0.5, 0.6) is 0 Å². The first-order valence-corrected chi connectivity index (χ1v) is 12.1. The molecule has 2 aliphatic rings. The highest BCUT2D eigenvalue weighted by Gasteiger charge is 2.52. The lowest BCUT2D eigenvalue weighted by atomic mass is 9.47. The number of nitrogens with two attached hydrogens (primary N) is 1. The molecular weight excluding hydrogens is 372 g/mol. The smallest absolute Gasteiger partial charge is 0.0615 e. The van der Waals surface area contributed by atoms with Crippen LogP contribution >= 0.6 is 12.2 Å². The standard InChI is InChI=1S/C26H42N2S/c1-19-13-26(22-9-7-6-8-10-22)15-21(20(19)2)14-25(5,16-26)12-11-23(27)24(3,4)17-28-18-29/h6-10,18-21,23H,11-17,27H2,1-5H3,(H,28,29). The van der Waals surface area contributed by atoms with Crippen LogP contribution in [-0.4, -0.2) is 18.1 Å². The quantitative estimate of drug-likeness (QED) is 0.506. The number of fused-ring (bicyclic) bond motifs is 2. The van der Waals surface area contributed by atoms with E-state index in [9.17, 15) is 0 Å². The molecule has 2 bridgehead atoms. The van der Waals surface area contributed by atoms with Crippen LogP contribution in [0.4, 0.5) is 0 Å². The highest BCUT2D eigenvalue weighted by molar-refractivity contribution is 7.78. The van der Waals surface area contributed by atoms with Gasteiger partial charge in [0.25, 0.3) is 0 Å². The molecule has 0 aromatic heterocycles. The second kappa shape index (κ2) is 8.67. The van der Waals surface area contributed by atoms with Crippen LogP contribution < -0.4 is 11.1 Å². The number of benzene rings is 1. The van der Waals surface area contributed by atoms with Crippen LogP contribution in [0.15, 0.2) is 30.3 Å². The molecule has 2 aliphatic carbocycles. The van der Waals surface area contributed by atoms with Gasteiger partial charge >= 0.3 is 0 Å². The summed E-state index contributed by atoms with van der Waals surface area (Å²) in [5, 5.41) is 3.20. The third kappa shape index (κ3) is 4.88. The molecule has 6 atom stereocenters. The minimum Gasteiger partial charge on any atom is -0.382 e. The summed E-state index contributed by atoms with van der Waals surface area (Å²) in [4.78, 5) is 0. The van der Waals surface area contributed by atoms with Gasteiger partial charge in [-0.15, -0.1) is 0 Å². The van der Waals surface area contributed by atoms with Gasteiger partial charge in [-0.3, -0.25) is 0 Å². The first kappa shape index (κ1) is 22.7. The second-order valence-electron chi connectivity index (χ2n) is 11.5. The molecule has 3 rings (SSSR count). The van der Waals surface area contributed by atoms with Crippen LogP contribution in [0, 0.1) is 28.6 Å². The van der Waals surface area contributed by atoms with Gasteiger partial charge in [0, 0.05) is 12.6 Å². The first-order valence-electron chi connectivity index (χ1n) is 11.6. The van der Waals surface area contributed by atoms with Crippen LogP contribution in [0.3, 0.4) is 0 Å². The molecule has 162 valence electrons. The van der Waals surface area contributed by atoms with Crippen molar-refractivity contribution in [3.63, 3.8) is 0 Å². The van der Waals surface area contributed by atoms with Gasteiger partial charge < -0.3 is 11.1 Å². The fourth-order valence-electron chi connectivity index (χ4n) is 6.61. The predicted molar refractivity (Wildman–Crippen MR) is 129 cm³/mol. The third-order valence-corrected chi connectivity index (χ3v) is 8.78. The summed E-state index contributed by atoms with van der Waals surface area (Å²) in [6.45, 7) is 12.9. The van der Waals surface area contributed by atoms with Crippen LogP contribution in [-0.2, 0) is 5.41 Å². The fourth-order valence-corrected chi connectivity index (χ4v) is 6.70. The van der Waals surface area contributed by atoms with Gasteiger partial charge in [0.1, 0.15) is 0 Å². The third-order valence-electron chi connectivity index (χ3n) is 8.62. The Labute approximate surface area is 184 Å². The molecule has 2 saturated carbocycles. The number of rotatable bonds is 8. The summed E-state index contributed by atoms with van der Waals surface area (Å²) >= 11 is 4.94. The minimum atomic E-state index is 0.0507. The molecule has 0 saturated heterocycles. The molecule has 1 aromatic rings. The molecule has 2 nitrogen and oxygen atoms in total. The Bertz CT molecular complexity index is 683. The van der Waals surface area contributed by atoms with E-state index in [1.165, 1.54) is 32.1 Å². The zero-order chi connectivity index (χ0) is 21.3. The van der Waals surface area contributed by atoms with E-state index in [-0.39, 0.29) is 11.5 Å². The molecule has 29 heavy (non-hydrogen) atoms. The van der Waals surface area contributed by atoms with Crippen molar-refractivity contribution in [2.45, 2.75) is 84.6 Å². The van der Waals surface area contributed by atoms with Crippen LogP contribution in [0.2, 0.25) is 0 Å². The molecule has 0 heterocycles. The Balaban J connectivity index is 1.78. The molecule has 3 heteroatoms. The largest absolute Gasteiger partial charge is 0.382 e. The van der Waals surface area contributed by atoms with E-state index in [0.717, 1.165) is 30.7 Å². The summed E-state index contributed by atoms with van der Waals surface area (Å²) < 4.78 is 0. The van der Waals surface area contributed by atoms with E-state index in [1.807, 2.05) is 0 Å². The van der Waals surface area contributed by atoms with Crippen molar-refractivity contribution in [1.29, 1.82) is 0 Å². The van der Waals surface area contributed by atoms with Gasteiger partial charge in [-0.1, -0.05) is 77.2 Å². The first-order chi connectivity index (χ1) is 13.6. The van der Waals surface area contributed by atoms with E-state index in [4.69, 9.17) is 18.0 Å². The van der Waals surface area contributed by atoms with Crippen molar-refractivity contribution in [3.05, 3.63) is 35.9 Å². The lowest BCUT2D eigenvalue weighted by molar-refractivity contribution is -0.0215. The Morgan fingerprint density at radius 1 is 1.21 bits per heavy atom. The Morgan fingerprint density at radius 2 is 1.90 bits per heavy atom. The average Bonchev–Trinajstić information content (AvgIpc) is 2.69. The van der Waals surface area contributed by atoms with Gasteiger partial charge in [-0.2, -0.15) is 0 Å². The van der Waals surface area contributed by atoms with E-state index < -0.39 is 0 Å². The summed E-state index contributed by atoms with van der Waals surface area (Å²) in [7, 11) is 0. The van der Waals surface area contributed by atoms with Crippen LogP contribution in [0.1, 0.15) is 78.7 Å². The van der Waals surface area contributed by atoms with Gasteiger partial charge in [-0.25, -0.2) is 0 Å². The van der Waals surface area contributed by atoms with Gasteiger partial charge in [0.05, 0.1) is 5.49 Å². The molecule has 0 radical (unpaired) electrons. The maximum atomic E-state index is 6.69. The highest BCUT2D eigenvalue weighted by Crippen LogP contribution is 2.60. The van der Waals surface area contributed by atoms with Crippen molar-refractivity contribution >= 4 is 17.7 Å². The SMILES string of the molecule is CC1CC2(c3ccccc3)CC(CC(C)(CCC(N)C(C)(C)CNC=S)C2)C1C. The van der Waals surface area contributed by atoms with Crippen molar-refractivity contribution in [2.24, 2.45) is 34.3 Å². The number of nitrogens with one attached hydrogen (secondary N) is 1. The molecule has 6 unspecified atom stereocenters. The number of thiocarbonyl (C=S) groups is 1. The highest BCUT2D eigenvalue weighted by atomic mass is 32.1. The van der Waals surface area contributed by atoms with E-state index >= 15 is 0 Å². The van der Waals surface area contributed by atoms with E-state index in [0.29, 0.717) is 10.8 Å². The van der Waals surface area contributed by atoms with Crippen molar-refractivity contribution in [3.8, 4) is 0 Å². The zero-order valence-electron chi connectivity index (χ0n) is 19.2. The molecule has 2 fully saturated rings. The summed E-state index contributed by atoms with van der Waals surface area (Å²) in [6, 6.07) is 11.6. The minimum absolute atomic E-state index is 0.0507. The molecular formula is C26H42N2S. The van der Waals surface area contributed by atoms with Gasteiger partial charge in [0.2, 0.25) is 0 Å². The number of hydrogen-bond donors (Lipinski definition) is 2. The zero-order valence-corrected chi connectivity index (χ0v) is 20.0. The van der Waals surface area contributed by atoms with Crippen molar-refractivity contribution in [1.82, 2.24) is 5.32 Å². The average molecular weight is 415 g/mol. The lowest BCUT2D eigenvalue weighted by Gasteiger charge is -2.57. The van der Waals surface area contributed by atoms with Crippen molar-refractivity contribution in [2.75, 3.05) is 6.54 Å². The monoisotopic (exact) mass is 414 g/mol. The Kier molecular flexibility index (Phi) is 6.80. The molecule has 1 aromatic carbocycles. The summed E-state index contributed by atoms with van der Waals surface area (Å²) in [5.41, 5.74) is 10.7. The van der Waals surface area contributed by atoms with Crippen LogP contribution in [0.25, 0.3) is 0 Å². The van der Waals surface area contributed by atoms with Gasteiger partial charge in [-0.05, 0) is 78.1 Å². The topological polar surface area (TPSA) is 38.0 Å². The fraction of sp³-hybridized carbons (Fsp3) is 0.731. The number of hydrogen-bond acceptors (Lipinski definition) is 2. The molecule has 3 N–H and O–H groups in total. The molecule has 0 amide bonds. The predicted octanol–water partition coefficient (Wildman–Crippen LogP) is 6.09. The lowest BCUT2D eigenvalue weighted by Crippen LogP contribution is -2.50. The maximum absolute atomic E-state index is 6.69. The molecule has 0 spiro atoms. The molecule has 0 aliphatic heterocycles. The Hall–Kier alpha value is -0.930. The van der Waals surface area contributed by atoms with E-state index in [1.54, 1.807) is 11.1 Å².